The van der Waals surface area contributed by atoms with Crippen LogP contribution in [0.15, 0.2) is 29.3 Å². The average molecular weight is 427 g/mol. The first-order valence-electron chi connectivity index (χ1n) is 8.08. The zero-order valence-corrected chi connectivity index (χ0v) is 17.1. The van der Waals surface area contributed by atoms with Gasteiger partial charge in [-0.15, -0.1) is 0 Å². The monoisotopic (exact) mass is 426 g/mol. The minimum absolute atomic E-state index is 0.280. The lowest BCUT2D eigenvalue weighted by molar-refractivity contribution is -0.124. The van der Waals surface area contributed by atoms with Crippen LogP contribution in [0.3, 0.4) is 0 Å². The molecule has 2 heterocycles. The van der Waals surface area contributed by atoms with Crippen molar-refractivity contribution in [2.24, 2.45) is 4.99 Å². The molecule has 0 fully saturated rings. The molecule has 1 amide bonds. The van der Waals surface area contributed by atoms with Gasteiger partial charge in [0.25, 0.3) is 5.91 Å². The van der Waals surface area contributed by atoms with Crippen molar-refractivity contribution in [3.05, 3.63) is 44.8 Å². The maximum absolute atomic E-state index is 12.4. The lowest BCUT2D eigenvalue weighted by Crippen LogP contribution is -2.24. The van der Waals surface area contributed by atoms with Crippen LogP contribution in [0.1, 0.15) is 19.5 Å². The van der Waals surface area contributed by atoms with Gasteiger partial charge in [0.1, 0.15) is 5.75 Å². The van der Waals surface area contributed by atoms with E-state index in [1.54, 1.807) is 35.0 Å². The minimum atomic E-state index is -0.839. The van der Waals surface area contributed by atoms with Crippen LogP contribution >= 0.6 is 34.7 Å². The highest BCUT2D eigenvalue weighted by Gasteiger charge is 2.16. The summed E-state index contributed by atoms with van der Waals surface area (Å²) in [4.78, 5) is 25.3. The van der Waals surface area contributed by atoms with Crippen LogP contribution in [0.25, 0.3) is 5.78 Å². The predicted octanol–water partition coefficient (Wildman–Crippen LogP) is 3.70. The Morgan fingerprint density at radius 3 is 2.81 bits per heavy atom. The fourth-order valence-electron chi connectivity index (χ4n) is 2.21. The summed E-state index contributed by atoms with van der Waals surface area (Å²) in [5, 5.41) is 0.804. The van der Waals surface area contributed by atoms with Crippen LogP contribution in [0, 0.1) is 6.92 Å². The lowest BCUT2D eigenvalue weighted by Gasteiger charge is -2.12. The maximum atomic E-state index is 12.4. The third kappa shape index (κ3) is 4.58. The van der Waals surface area contributed by atoms with Gasteiger partial charge in [-0.25, -0.2) is 3.79 Å². The second-order valence-corrected chi connectivity index (χ2v) is 7.29. The molecule has 142 valence electrons. The van der Waals surface area contributed by atoms with Crippen LogP contribution in [0.2, 0.25) is 10.0 Å². The molecule has 0 aliphatic rings. The van der Waals surface area contributed by atoms with Crippen molar-refractivity contribution in [1.82, 2.24) is 13.8 Å². The van der Waals surface area contributed by atoms with E-state index in [9.17, 15) is 4.79 Å². The van der Waals surface area contributed by atoms with Crippen molar-refractivity contribution >= 4 is 46.4 Å². The van der Waals surface area contributed by atoms with Gasteiger partial charge < -0.3 is 9.47 Å². The predicted molar refractivity (Wildman–Crippen MR) is 104 cm³/mol. The number of rotatable bonds is 5. The average Bonchev–Trinajstić information content (AvgIpc) is 3.00. The summed E-state index contributed by atoms with van der Waals surface area (Å²) < 4.78 is 12.8. The quantitative estimate of drug-likeness (QED) is 0.621. The summed E-state index contributed by atoms with van der Waals surface area (Å²) in [5.41, 5.74) is 0.882. The Morgan fingerprint density at radius 1 is 1.33 bits per heavy atom. The first kappa shape index (κ1) is 19.6. The second kappa shape index (κ2) is 8.24. The van der Waals surface area contributed by atoms with Crippen molar-refractivity contribution in [3.8, 4) is 11.6 Å². The molecule has 1 atom stereocenters. The fraction of sp³-hybridized carbons (Fsp3) is 0.294. The highest BCUT2D eigenvalue weighted by molar-refractivity contribution is 7.03. The molecule has 3 aromatic rings. The number of amides is 1. The Bertz CT molecular complexity index is 1060. The van der Waals surface area contributed by atoms with Crippen LogP contribution in [0.5, 0.6) is 11.6 Å². The molecule has 0 N–H and O–H groups in total. The molecule has 1 aromatic carbocycles. The van der Waals surface area contributed by atoms with Crippen LogP contribution < -0.4 is 14.3 Å². The zero-order valence-electron chi connectivity index (χ0n) is 14.8. The molecule has 7 nitrogen and oxygen atoms in total. The van der Waals surface area contributed by atoms with Gasteiger partial charge >= 0.3 is 0 Å². The van der Waals surface area contributed by atoms with Crippen LogP contribution in [0.4, 0.5) is 0 Å². The van der Waals surface area contributed by atoms with E-state index in [1.807, 2.05) is 13.8 Å². The van der Waals surface area contributed by atoms with Gasteiger partial charge in [-0.1, -0.05) is 23.2 Å². The molecular weight excluding hydrogens is 411 g/mol. The van der Waals surface area contributed by atoms with Gasteiger partial charge in [0.15, 0.2) is 6.10 Å². The molecule has 2 aromatic heterocycles. The minimum Gasteiger partial charge on any atom is -0.479 e. The number of halogens is 2. The Balaban J connectivity index is 1.84. The van der Waals surface area contributed by atoms with Gasteiger partial charge in [0.2, 0.25) is 16.5 Å². The lowest BCUT2D eigenvalue weighted by atomic mass is 10.3. The summed E-state index contributed by atoms with van der Waals surface area (Å²) in [6.45, 7) is 5.87. The Morgan fingerprint density at radius 2 is 2.11 bits per heavy atom. The Kier molecular flexibility index (Phi) is 5.98. The number of hydrogen-bond donors (Lipinski definition) is 0. The number of carbonyl (C=O) groups is 1. The highest BCUT2D eigenvalue weighted by atomic mass is 35.5. The number of nitrogens with zero attached hydrogens (tertiary/aromatic N) is 4. The van der Waals surface area contributed by atoms with E-state index < -0.39 is 12.0 Å². The van der Waals surface area contributed by atoms with Crippen LogP contribution in [-0.4, -0.2) is 32.4 Å². The SMILES string of the molecule is CCOc1cc(C)n2sc(=NC(=O)C(C)Oc3ccc(Cl)cc3Cl)nc2n1. The molecule has 0 aliphatic carbocycles. The summed E-state index contributed by atoms with van der Waals surface area (Å²) in [5.74, 6) is 0.773. The van der Waals surface area contributed by atoms with Gasteiger partial charge in [0.05, 0.1) is 11.6 Å². The standard InChI is InChI=1S/C17H16Cl2N4O3S/c1-4-25-14-7-9(2)23-16(20-14)22-17(27-23)21-15(24)10(3)26-13-6-5-11(18)8-12(13)19/h5-8,10H,4H2,1-3H3. The largest absolute Gasteiger partial charge is 0.479 e. The molecular formula is C17H16Cl2N4O3S. The summed E-state index contributed by atoms with van der Waals surface area (Å²) in [6.07, 6.45) is -0.839. The van der Waals surface area contributed by atoms with E-state index in [1.165, 1.54) is 11.5 Å². The maximum Gasteiger partial charge on any atom is 0.289 e. The number of aryl methyl sites for hydroxylation is 1. The zero-order chi connectivity index (χ0) is 19.6. The molecule has 3 rings (SSSR count). The number of hydrogen-bond acceptors (Lipinski definition) is 6. The molecule has 1 unspecified atom stereocenters. The summed E-state index contributed by atoms with van der Waals surface area (Å²) in [7, 11) is 0. The first-order valence-corrected chi connectivity index (χ1v) is 9.61. The van der Waals surface area contributed by atoms with Crippen molar-refractivity contribution in [1.29, 1.82) is 0 Å². The number of carbonyl (C=O) groups excluding carboxylic acids is 1. The normalized spacial score (nSPS) is 13.0. The van der Waals surface area contributed by atoms with Crippen molar-refractivity contribution in [3.63, 3.8) is 0 Å². The Labute approximate surface area is 169 Å². The molecule has 27 heavy (non-hydrogen) atoms. The number of aromatic nitrogens is 3. The highest BCUT2D eigenvalue weighted by Crippen LogP contribution is 2.28. The van der Waals surface area contributed by atoms with E-state index in [4.69, 9.17) is 32.7 Å². The van der Waals surface area contributed by atoms with Crippen LogP contribution in [-0.2, 0) is 4.79 Å². The number of fused-ring (bicyclic) bond motifs is 1. The van der Waals surface area contributed by atoms with Crippen molar-refractivity contribution in [2.75, 3.05) is 6.61 Å². The summed E-state index contributed by atoms with van der Waals surface area (Å²) in [6, 6.07) is 6.58. The molecule has 0 spiro atoms. The van der Waals surface area contributed by atoms with Crippen molar-refractivity contribution in [2.45, 2.75) is 26.9 Å². The van der Waals surface area contributed by atoms with E-state index in [0.717, 1.165) is 5.69 Å². The number of ether oxygens (including phenoxy) is 2. The van der Waals surface area contributed by atoms with E-state index in [0.29, 0.717) is 34.1 Å². The Hall–Kier alpha value is -2.16. The molecule has 0 aliphatic heterocycles. The van der Waals surface area contributed by atoms with E-state index in [-0.39, 0.29) is 4.80 Å². The van der Waals surface area contributed by atoms with Gasteiger partial charge in [-0.2, -0.15) is 15.0 Å². The third-order valence-corrected chi connectivity index (χ3v) is 4.97. The second-order valence-electron chi connectivity index (χ2n) is 5.53. The summed E-state index contributed by atoms with van der Waals surface area (Å²) >= 11 is 13.1. The van der Waals surface area contributed by atoms with E-state index >= 15 is 0 Å². The van der Waals surface area contributed by atoms with Crippen molar-refractivity contribution < 1.29 is 14.3 Å². The molecule has 0 saturated carbocycles. The fourth-order valence-corrected chi connectivity index (χ4v) is 3.44. The first-order chi connectivity index (χ1) is 12.9. The molecule has 0 radical (unpaired) electrons. The topological polar surface area (TPSA) is 78.1 Å². The smallest absolute Gasteiger partial charge is 0.289 e. The molecule has 0 saturated heterocycles. The van der Waals surface area contributed by atoms with Gasteiger partial charge in [-0.05, 0) is 50.5 Å². The molecule has 0 bridgehead atoms. The van der Waals surface area contributed by atoms with Gasteiger partial charge in [0, 0.05) is 16.8 Å². The molecule has 10 heteroatoms. The third-order valence-electron chi connectivity index (χ3n) is 3.46. The number of benzene rings is 1. The van der Waals surface area contributed by atoms with Gasteiger partial charge in [-0.3, -0.25) is 4.79 Å². The van der Waals surface area contributed by atoms with E-state index in [2.05, 4.69) is 15.0 Å².